The van der Waals surface area contributed by atoms with Crippen LogP contribution in [0, 0.1) is 0 Å². The summed E-state index contributed by atoms with van der Waals surface area (Å²) in [6, 6.07) is -0.865. The highest BCUT2D eigenvalue weighted by molar-refractivity contribution is 5.86. The van der Waals surface area contributed by atoms with Crippen molar-refractivity contribution in [2.75, 3.05) is 0 Å². The lowest BCUT2D eigenvalue weighted by Crippen LogP contribution is -2.21. The maximum Gasteiger partial charge on any atom is 0.358 e. The zero-order valence-electron chi connectivity index (χ0n) is 9.04. The first-order valence-electron chi connectivity index (χ1n) is 4.93. The van der Waals surface area contributed by atoms with Crippen LogP contribution in [0.25, 0.3) is 0 Å². The van der Waals surface area contributed by atoms with Crippen LogP contribution in [0.15, 0.2) is 0 Å². The van der Waals surface area contributed by atoms with Gasteiger partial charge >= 0.3 is 11.9 Å². The van der Waals surface area contributed by atoms with Gasteiger partial charge in [-0.15, -0.1) is 5.10 Å². The number of carbonyl (C=O) groups is 2. The molecule has 0 aliphatic carbocycles. The fourth-order valence-electron chi connectivity index (χ4n) is 1.51. The summed E-state index contributed by atoms with van der Waals surface area (Å²) in [5, 5.41) is 24.9. The Morgan fingerprint density at radius 2 is 2.00 bits per heavy atom. The molecular formula is C9H13N3O4. The monoisotopic (exact) mass is 227 g/mol. The molecule has 0 aromatic carbocycles. The Morgan fingerprint density at radius 3 is 2.38 bits per heavy atom. The van der Waals surface area contributed by atoms with Crippen LogP contribution in [0.1, 0.15) is 42.5 Å². The quantitative estimate of drug-likeness (QED) is 0.761. The smallest absolute Gasteiger partial charge is 0.358 e. The van der Waals surface area contributed by atoms with Gasteiger partial charge in [0, 0.05) is 0 Å². The number of nitrogens with zero attached hydrogens (tertiary/aromatic N) is 3. The van der Waals surface area contributed by atoms with Gasteiger partial charge in [-0.1, -0.05) is 19.1 Å². The van der Waals surface area contributed by atoms with Crippen LogP contribution in [0.3, 0.4) is 0 Å². The van der Waals surface area contributed by atoms with Gasteiger partial charge in [0.15, 0.2) is 11.7 Å². The topological polar surface area (TPSA) is 105 Å². The van der Waals surface area contributed by atoms with Crippen LogP contribution < -0.4 is 0 Å². The Labute approximate surface area is 91.7 Å². The molecule has 1 rings (SSSR count). The zero-order chi connectivity index (χ0) is 12.3. The van der Waals surface area contributed by atoms with Crippen molar-refractivity contribution in [1.82, 2.24) is 15.0 Å². The molecule has 0 amide bonds. The van der Waals surface area contributed by atoms with Gasteiger partial charge in [-0.3, -0.25) is 0 Å². The molecule has 0 bridgehead atoms. The summed E-state index contributed by atoms with van der Waals surface area (Å²) in [6.45, 7) is 3.43. The third-order valence-corrected chi connectivity index (χ3v) is 2.30. The molecule has 16 heavy (non-hydrogen) atoms. The molecule has 0 saturated carbocycles. The second-order valence-corrected chi connectivity index (χ2v) is 3.25. The fourth-order valence-corrected chi connectivity index (χ4v) is 1.51. The summed E-state index contributed by atoms with van der Waals surface area (Å²) in [5.41, 5.74) is 0.156. The van der Waals surface area contributed by atoms with E-state index in [0.29, 0.717) is 18.5 Å². The van der Waals surface area contributed by atoms with E-state index in [2.05, 4.69) is 10.3 Å². The largest absolute Gasteiger partial charge is 0.480 e. The van der Waals surface area contributed by atoms with E-state index in [4.69, 9.17) is 10.2 Å². The SMILES string of the molecule is CCc1c(C(=O)O)nnn1C(CC)C(=O)O. The van der Waals surface area contributed by atoms with Crippen molar-refractivity contribution >= 4 is 11.9 Å². The number of hydrogen-bond donors (Lipinski definition) is 2. The Morgan fingerprint density at radius 1 is 1.38 bits per heavy atom. The van der Waals surface area contributed by atoms with Crippen molar-refractivity contribution in [1.29, 1.82) is 0 Å². The number of aromatic carboxylic acids is 1. The molecule has 7 nitrogen and oxygen atoms in total. The summed E-state index contributed by atoms with van der Waals surface area (Å²) in [7, 11) is 0. The minimum atomic E-state index is -1.19. The lowest BCUT2D eigenvalue weighted by molar-refractivity contribution is -0.141. The first-order valence-corrected chi connectivity index (χ1v) is 4.93. The van der Waals surface area contributed by atoms with Crippen LogP contribution in [0.2, 0.25) is 0 Å². The van der Waals surface area contributed by atoms with Crippen LogP contribution in [-0.2, 0) is 11.2 Å². The third-order valence-electron chi connectivity index (χ3n) is 2.30. The van der Waals surface area contributed by atoms with Crippen molar-refractivity contribution in [2.45, 2.75) is 32.7 Å². The molecule has 0 spiro atoms. The Balaban J connectivity index is 3.23. The van der Waals surface area contributed by atoms with E-state index >= 15 is 0 Å². The Bertz CT molecular complexity index is 413. The number of rotatable bonds is 5. The standard InChI is InChI=1S/C9H13N3O4/c1-3-5-7(9(15)16)10-11-12(5)6(4-2)8(13)14/h6H,3-4H2,1-2H3,(H,13,14)(H,15,16). The van der Waals surface area contributed by atoms with E-state index in [1.807, 2.05) is 0 Å². The molecule has 0 aliphatic heterocycles. The van der Waals surface area contributed by atoms with Crippen LogP contribution in [0.4, 0.5) is 0 Å². The zero-order valence-corrected chi connectivity index (χ0v) is 9.04. The number of carboxylic acid groups (broad SMARTS) is 2. The molecule has 0 radical (unpaired) electrons. The summed E-state index contributed by atoms with van der Waals surface area (Å²) in [6.07, 6.45) is 0.698. The van der Waals surface area contributed by atoms with E-state index in [-0.39, 0.29) is 5.69 Å². The predicted molar refractivity (Wildman–Crippen MR) is 53.3 cm³/mol. The van der Waals surface area contributed by atoms with E-state index in [1.165, 1.54) is 4.68 Å². The van der Waals surface area contributed by atoms with Gasteiger partial charge < -0.3 is 10.2 Å². The van der Waals surface area contributed by atoms with Gasteiger partial charge in [-0.05, 0) is 12.8 Å². The summed E-state index contributed by atoms with van der Waals surface area (Å²) >= 11 is 0. The lowest BCUT2D eigenvalue weighted by atomic mass is 10.2. The van der Waals surface area contributed by atoms with Crippen LogP contribution >= 0.6 is 0 Å². The minimum absolute atomic E-state index is 0.179. The molecule has 2 N–H and O–H groups in total. The number of aliphatic carboxylic acids is 1. The Kier molecular flexibility index (Phi) is 3.60. The fraction of sp³-hybridized carbons (Fsp3) is 0.556. The molecule has 0 aliphatic rings. The van der Waals surface area contributed by atoms with Gasteiger partial charge in [-0.25, -0.2) is 14.3 Å². The molecular weight excluding hydrogens is 214 g/mol. The first kappa shape index (κ1) is 12.2. The summed E-state index contributed by atoms with van der Waals surface area (Å²) < 4.78 is 1.17. The van der Waals surface area contributed by atoms with E-state index in [9.17, 15) is 9.59 Å². The second kappa shape index (κ2) is 4.73. The van der Waals surface area contributed by atoms with Crippen molar-refractivity contribution in [3.05, 3.63) is 11.4 Å². The number of hydrogen-bond acceptors (Lipinski definition) is 4. The van der Waals surface area contributed by atoms with Gasteiger partial charge in [0.1, 0.15) is 0 Å². The maximum atomic E-state index is 10.9. The van der Waals surface area contributed by atoms with Crippen LogP contribution in [0.5, 0.6) is 0 Å². The minimum Gasteiger partial charge on any atom is -0.480 e. The molecule has 1 aromatic rings. The van der Waals surface area contributed by atoms with Crippen molar-refractivity contribution in [2.24, 2.45) is 0 Å². The molecule has 0 saturated heterocycles. The predicted octanol–water partition coefficient (Wildman–Crippen LogP) is 0.574. The van der Waals surface area contributed by atoms with Gasteiger partial charge in [0.05, 0.1) is 5.69 Å². The normalized spacial score (nSPS) is 12.4. The third kappa shape index (κ3) is 2.02. The molecule has 1 atom stereocenters. The molecule has 88 valence electrons. The van der Waals surface area contributed by atoms with E-state index in [0.717, 1.165) is 0 Å². The summed E-state index contributed by atoms with van der Waals surface area (Å²) in [4.78, 5) is 21.8. The van der Waals surface area contributed by atoms with E-state index < -0.39 is 18.0 Å². The molecule has 1 heterocycles. The molecule has 0 fully saturated rings. The Hall–Kier alpha value is -1.92. The second-order valence-electron chi connectivity index (χ2n) is 3.25. The van der Waals surface area contributed by atoms with Crippen LogP contribution in [-0.4, -0.2) is 37.1 Å². The highest BCUT2D eigenvalue weighted by atomic mass is 16.4. The molecule has 1 unspecified atom stereocenters. The number of aromatic nitrogens is 3. The van der Waals surface area contributed by atoms with Crippen molar-refractivity contribution in [3.8, 4) is 0 Å². The van der Waals surface area contributed by atoms with Crippen molar-refractivity contribution in [3.63, 3.8) is 0 Å². The molecule has 7 heteroatoms. The lowest BCUT2D eigenvalue weighted by Gasteiger charge is -2.12. The maximum absolute atomic E-state index is 10.9. The first-order chi connectivity index (χ1) is 7.52. The van der Waals surface area contributed by atoms with E-state index in [1.54, 1.807) is 13.8 Å². The highest BCUT2D eigenvalue weighted by Crippen LogP contribution is 2.16. The van der Waals surface area contributed by atoms with Gasteiger partial charge in [0.25, 0.3) is 0 Å². The molecule has 1 aromatic heterocycles. The average Bonchev–Trinajstić information content (AvgIpc) is 2.62. The van der Waals surface area contributed by atoms with Gasteiger partial charge in [-0.2, -0.15) is 0 Å². The average molecular weight is 227 g/mol. The summed E-state index contributed by atoms with van der Waals surface area (Å²) in [5.74, 6) is -2.23. The van der Waals surface area contributed by atoms with Crippen molar-refractivity contribution < 1.29 is 19.8 Å². The number of carboxylic acids is 2. The highest BCUT2D eigenvalue weighted by Gasteiger charge is 2.25. The van der Waals surface area contributed by atoms with Gasteiger partial charge in [0.2, 0.25) is 0 Å².